The van der Waals surface area contributed by atoms with Gasteiger partial charge in [-0.1, -0.05) is 23.8 Å². The Hall–Kier alpha value is -3.81. The Morgan fingerprint density at radius 1 is 1.04 bits per heavy atom. The van der Waals surface area contributed by atoms with Crippen LogP contribution in [0.1, 0.15) is 11.4 Å². The van der Waals surface area contributed by atoms with Gasteiger partial charge in [0.2, 0.25) is 0 Å². The van der Waals surface area contributed by atoms with Gasteiger partial charge in [-0.3, -0.25) is 14.8 Å². The highest BCUT2D eigenvalue weighted by Crippen LogP contribution is 2.17. The van der Waals surface area contributed by atoms with E-state index in [1.54, 1.807) is 10.9 Å². The molecule has 3 aromatic heterocycles. The van der Waals surface area contributed by atoms with Crippen molar-refractivity contribution in [3.63, 3.8) is 0 Å². The molecule has 0 fully saturated rings. The summed E-state index contributed by atoms with van der Waals surface area (Å²) >= 11 is 0. The van der Waals surface area contributed by atoms with Crippen molar-refractivity contribution in [2.24, 2.45) is 0 Å². The number of hydrogen-bond acceptors (Lipinski definition) is 5. The minimum Gasteiger partial charge on any atom is -0.300 e. The van der Waals surface area contributed by atoms with E-state index in [0.717, 1.165) is 11.3 Å². The van der Waals surface area contributed by atoms with Gasteiger partial charge < -0.3 is 4.57 Å². The number of hydrogen-bond donors (Lipinski definition) is 1. The average molecular weight is 374 g/mol. The zero-order valence-electron chi connectivity index (χ0n) is 15.2. The van der Waals surface area contributed by atoms with Crippen LogP contribution in [0, 0.1) is 6.92 Å². The molecule has 4 rings (SSSR count). The minimum atomic E-state index is -0.446. The van der Waals surface area contributed by atoms with Crippen LogP contribution < -0.4 is 11.2 Å². The smallest absolute Gasteiger partial charge is 0.300 e. The summed E-state index contributed by atoms with van der Waals surface area (Å²) < 4.78 is 3.20. The molecule has 0 amide bonds. The Morgan fingerprint density at radius 3 is 2.57 bits per heavy atom. The maximum Gasteiger partial charge on any atom is 0.328 e. The SMILES string of the molecule is Cc1ccc(-n2nc(-c3ccccn3)nc2CCn2ccc(=O)[nH]c2=O)cc1. The lowest BCUT2D eigenvalue weighted by atomic mass is 10.2. The quantitative estimate of drug-likeness (QED) is 0.574. The van der Waals surface area contributed by atoms with Gasteiger partial charge in [-0.2, -0.15) is 0 Å². The number of H-pyrrole nitrogens is 1. The molecule has 0 radical (unpaired) electrons. The lowest BCUT2D eigenvalue weighted by Gasteiger charge is -2.07. The van der Waals surface area contributed by atoms with Crippen molar-refractivity contribution >= 4 is 0 Å². The molecule has 0 saturated carbocycles. The first kappa shape index (κ1) is 17.6. The summed E-state index contributed by atoms with van der Waals surface area (Å²) in [6, 6.07) is 14.9. The van der Waals surface area contributed by atoms with Crippen LogP contribution in [0.25, 0.3) is 17.2 Å². The van der Waals surface area contributed by atoms with Crippen molar-refractivity contribution in [3.05, 3.63) is 93.2 Å². The Balaban J connectivity index is 1.71. The molecule has 0 unspecified atom stereocenters. The standard InChI is InChI=1S/C20H18N6O2/c1-14-5-7-15(8-6-14)26-17(9-12-25-13-10-18(27)23-20(25)28)22-19(24-26)16-4-2-3-11-21-16/h2-8,10-11,13H,9,12H2,1H3,(H,23,27,28). The number of pyridine rings is 1. The normalized spacial score (nSPS) is 10.9. The maximum absolute atomic E-state index is 11.9. The van der Waals surface area contributed by atoms with E-state index in [4.69, 9.17) is 0 Å². The molecule has 0 aliphatic heterocycles. The third-order valence-electron chi connectivity index (χ3n) is 4.32. The lowest BCUT2D eigenvalue weighted by molar-refractivity contribution is 0.616. The molecule has 1 N–H and O–H groups in total. The van der Waals surface area contributed by atoms with E-state index in [1.165, 1.54) is 16.8 Å². The molecule has 8 heteroatoms. The van der Waals surface area contributed by atoms with Crippen LogP contribution >= 0.6 is 0 Å². The highest BCUT2D eigenvalue weighted by atomic mass is 16.2. The average Bonchev–Trinajstić information content (AvgIpc) is 3.13. The van der Waals surface area contributed by atoms with Gasteiger partial charge in [0, 0.05) is 31.4 Å². The second-order valence-corrected chi connectivity index (χ2v) is 6.37. The van der Waals surface area contributed by atoms with Crippen molar-refractivity contribution in [1.29, 1.82) is 0 Å². The summed E-state index contributed by atoms with van der Waals surface area (Å²) in [5.74, 6) is 1.22. The lowest BCUT2D eigenvalue weighted by Crippen LogP contribution is -2.29. The Morgan fingerprint density at radius 2 is 1.86 bits per heavy atom. The topological polar surface area (TPSA) is 98.5 Å². The summed E-state index contributed by atoms with van der Waals surface area (Å²) in [5, 5.41) is 4.63. The second kappa shape index (κ2) is 7.43. The van der Waals surface area contributed by atoms with Crippen LogP contribution in [0.4, 0.5) is 0 Å². The number of aromatic amines is 1. The largest absolute Gasteiger partial charge is 0.328 e. The molecular formula is C20H18N6O2. The molecular weight excluding hydrogens is 356 g/mol. The fourth-order valence-corrected chi connectivity index (χ4v) is 2.84. The van der Waals surface area contributed by atoms with E-state index in [2.05, 4.69) is 20.1 Å². The molecule has 0 atom stereocenters. The number of aromatic nitrogens is 6. The van der Waals surface area contributed by atoms with Crippen molar-refractivity contribution in [3.8, 4) is 17.2 Å². The summed E-state index contributed by atoms with van der Waals surface area (Å²) in [5.41, 5.74) is 1.84. The molecule has 1 aromatic carbocycles. The third-order valence-corrected chi connectivity index (χ3v) is 4.32. The van der Waals surface area contributed by atoms with Crippen molar-refractivity contribution in [2.45, 2.75) is 19.9 Å². The second-order valence-electron chi connectivity index (χ2n) is 6.37. The Bertz CT molecular complexity index is 1210. The van der Waals surface area contributed by atoms with E-state index >= 15 is 0 Å². The zero-order chi connectivity index (χ0) is 19.5. The number of nitrogens with zero attached hydrogens (tertiary/aromatic N) is 5. The highest BCUT2D eigenvalue weighted by Gasteiger charge is 2.14. The van der Waals surface area contributed by atoms with Crippen LogP contribution in [-0.4, -0.2) is 29.3 Å². The van der Waals surface area contributed by atoms with Crippen molar-refractivity contribution in [2.75, 3.05) is 0 Å². The predicted octanol–water partition coefficient (Wildman–Crippen LogP) is 1.73. The van der Waals surface area contributed by atoms with Crippen LogP contribution in [-0.2, 0) is 13.0 Å². The molecule has 8 nitrogen and oxygen atoms in total. The van der Waals surface area contributed by atoms with Crippen LogP contribution in [0.5, 0.6) is 0 Å². The Kier molecular flexibility index (Phi) is 4.67. The molecule has 0 aliphatic carbocycles. The molecule has 140 valence electrons. The molecule has 3 heterocycles. The number of rotatable bonds is 5. The first-order valence-corrected chi connectivity index (χ1v) is 8.84. The van der Waals surface area contributed by atoms with Gasteiger partial charge in [-0.05, 0) is 31.2 Å². The summed E-state index contributed by atoms with van der Waals surface area (Å²) in [4.78, 5) is 34.4. The summed E-state index contributed by atoms with van der Waals surface area (Å²) in [6.07, 6.45) is 3.63. The maximum atomic E-state index is 11.9. The van der Waals surface area contributed by atoms with Crippen LogP contribution in [0.2, 0.25) is 0 Å². The van der Waals surface area contributed by atoms with Gasteiger partial charge >= 0.3 is 5.69 Å². The number of benzene rings is 1. The van der Waals surface area contributed by atoms with Gasteiger partial charge in [-0.15, -0.1) is 5.10 Å². The highest BCUT2D eigenvalue weighted by molar-refractivity contribution is 5.49. The number of nitrogens with one attached hydrogen (secondary N) is 1. The van der Waals surface area contributed by atoms with Crippen molar-refractivity contribution < 1.29 is 0 Å². The van der Waals surface area contributed by atoms with E-state index in [0.29, 0.717) is 30.3 Å². The van der Waals surface area contributed by atoms with E-state index in [1.807, 2.05) is 49.4 Å². The van der Waals surface area contributed by atoms with E-state index in [-0.39, 0.29) is 0 Å². The molecule has 4 aromatic rings. The summed E-state index contributed by atoms with van der Waals surface area (Å²) in [6.45, 7) is 2.38. The predicted molar refractivity (Wildman–Crippen MR) is 104 cm³/mol. The van der Waals surface area contributed by atoms with Gasteiger partial charge in [0.05, 0.1) is 5.69 Å². The van der Waals surface area contributed by atoms with Crippen molar-refractivity contribution in [1.82, 2.24) is 29.3 Å². The molecule has 0 saturated heterocycles. The fourth-order valence-electron chi connectivity index (χ4n) is 2.84. The van der Waals surface area contributed by atoms with Crippen LogP contribution in [0.3, 0.4) is 0 Å². The molecule has 0 aliphatic rings. The third kappa shape index (κ3) is 3.66. The van der Waals surface area contributed by atoms with E-state index in [9.17, 15) is 9.59 Å². The Labute approximate surface area is 160 Å². The van der Waals surface area contributed by atoms with Gasteiger partial charge in [0.25, 0.3) is 5.56 Å². The molecule has 0 bridgehead atoms. The van der Waals surface area contributed by atoms with E-state index < -0.39 is 11.2 Å². The summed E-state index contributed by atoms with van der Waals surface area (Å²) in [7, 11) is 0. The zero-order valence-corrected chi connectivity index (χ0v) is 15.2. The first-order chi connectivity index (χ1) is 13.6. The minimum absolute atomic E-state index is 0.363. The van der Waals surface area contributed by atoms with Crippen LogP contribution in [0.15, 0.2) is 70.5 Å². The van der Waals surface area contributed by atoms with Gasteiger partial charge in [-0.25, -0.2) is 14.5 Å². The van der Waals surface area contributed by atoms with Gasteiger partial charge in [0.15, 0.2) is 5.82 Å². The molecule has 0 spiro atoms. The van der Waals surface area contributed by atoms with Gasteiger partial charge in [0.1, 0.15) is 11.5 Å². The number of aryl methyl sites for hydroxylation is 3. The molecule has 28 heavy (non-hydrogen) atoms. The fraction of sp³-hybridized carbons (Fsp3) is 0.150. The first-order valence-electron chi connectivity index (χ1n) is 8.84. The monoisotopic (exact) mass is 374 g/mol.